The summed E-state index contributed by atoms with van der Waals surface area (Å²) in [7, 11) is 0. The number of rotatable bonds is 6. The molecule has 0 aliphatic rings. The Morgan fingerprint density at radius 2 is 1.86 bits per heavy atom. The van der Waals surface area contributed by atoms with Crippen molar-refractivity contribution < 1.29 is 0 Å². The van der Waals surface area contributed by atoms with Gasteiger partial charge in [0.2, 0.25) is 0 Å². The van der Waals surface area contributed by atoms with Crippen LogP contribution in [0.15, 0.2) is 30.3 Å². The number of hydrogen-bond acceptors (Lipinski definition) is 5. The second-order valence-corrected chi connectivity index (χ2v) is 4.78. The molecule has 0 saturated heterocycles. The Morgan fingerprint density at radius 1 is 1.14 bits per heavy atom. The fraction of sp³-hybridized carbons (Fsp3) is 0.312. The zero-order valence-corrected chi connectivity index (χ0v) is 12.3. The second kappa shape index (κ2) is 7.25. The van der Waals surface area contributed by atoms with Crippen LogP contribution < -0.4 is 10.6 Å². The van der Waals surface area contributed by atoms with E-state index in [-0.39, 0.29) is 0 Å². The van der Waals surface area contributed by atoms with Gasteiger partial charge in [-0.25, -0.2) is 9.97 Å². The van der Waals surface area contributed by atoms with Gasteiger partial charge in [-0.1, -0.05) is 13.3 Å². The fourth-order valence-electron chi connectivity index (χ4n) is 1.89. The quantitative estimate of drug-likeness (QED) is 0.791. The highest BCUT2D eigenvalue weighted by Crippen LogP contribution is 2.18. The van der Waals surface area contributed by atoms with E-state index in [0.717, 1.165) is 36.7 Å². The van der Waals surface area contributed by atoms with Crippen LogP contribution in [-0.2, 0) is 0 Å². The molecule has 5 nitrogen and oxygen atoms in total. The summed E-state index contributed by atoms with van der Waals surface area (Å²) in [5.41, 5.74) is 1.54. The number of aryl methyl sites for hydroxylation is 1. The molecule has 0 amide bonds. The molecule has 2 aromatic rings. The van der Waals surface area contributed by atoms with Gasteiger partial charge < -0.3 is 10.6 Å². The monoisotopic (exact) mass is 281 g/mol. The molecule has 0 fully saturated rings. The average molecular weight is 281 g/mol. The van der Waals surface area contributed by atoms with Gasteiger partial charge in [0.15, 0.2) is 0 Å². The van der Waals surface area contributed by atoms with E-state index in [9.17, 15) is 0 Å². The summed E-state index contributed by atoms with van der Waals surface area (Å²) in [4.78, 5) is 8.74. The zero-order chi connectivity index (χ0) is 15.1. The number of nitrogens with one attached hydrogen (secondary N) is 2. The lowest BCUT2D eigenvalue weighted by Gasteiger charge is -2.10. The molecule has 5 heteroatoms. The molecular weight excluding hydrogens is 262 g/mol. The number of aromatic nitrogens is 2. The summed E-state index contributed by atoms with van der Waals surface area (Å²) in [6.45, 7) is 4.93. The number of hydrogen-bond donors (Lipinski definition) is 2. The predicted molar refractivity (Wildman–Crippen MR) is 84.6 cm³/mol. The lowest BCUT2D eigenvalue weighted by Crippen LogP contribution is -2.06. The van der Waals surface area contributed by atoms with Crippen LogP contribution in [0.25, 0.3) is 0 Å². The highest BCUT2D eigenvalue weighted by atomic mass is 15.1. The lowest BCUT2D eigenvalue weighted by atomic mass is 10.2. The van der Waals surface area contributed by atoms with Crippen molar-refractivity contribution in [3.8, 4) is 6.07 Å². The lowest BCUT2D eigenvalue weighted by molar-refractivity contribution is 0.829. The molecule has 0 bridgehead atoms. The first-order valence-electron chi connectivity index (χ1n) is 7.08. The van der Waals surface area contributed by atoms with Crippen LogP contribution in [-0.4, -0.2) is 16.5 Å². The Kier molecular flexibility index (Phi) is 5.10. The smallest absolute Gasteiger partial charge is 0.136 e. The first-order chi connectivity index (χ1) is 10.2. The average Bonchev–Trinajstić information content (AvgIpc) is 2.48. The number of benzene rings is 1. The molecule has 0 atom stereocenters. The Balaban J connectivity index is 2.09. The van der Waals surface area contributed by atoms with Crippen LogP contribution in [0, 0.1) is 18.3 Å². The summed E-state index contributed by atoms with van der Waals surface area (Å²) < 4.78 is 0. The number of unbranched alkanes of at least 4 members (excludes halogenated alkanes) is 1. The Labute approximate surface area is 125 Å². The molecule has 1 aromatic carbocycles. The van der Waals surface area contributed by atoms with E-state index in [0.29, 0.717) is 11.4 Å². The summed E-state index contributed by atoms with van der Waals surface area (Å²) in [5.74, 6) is 2.28. The van der Waals surface area contributed by atoms with E-state index < -0.39 is 0 Å². The Bertz CT molecular complexity index is 628. The molecule has 0 radical (unpaired) electrons. The van der Waals surface area contributed by atoms with Gasteiger partial charge in [0.1, 0.15) is 17.5 Å². The SMILES string of the molecule is CCCCNc1cc(Nc2ccc(C#N)cc2)nc(C)n1. The summed E-state index contributed by atoms with van der Waals surface area (Å²) in [6.07, 6.45) is 2.26. The normalized spacial score (nSPS) is 9.95. The van der Waals surface area contributed by atoms with E-state index in [1.54, 1.807) is 12.1 Å². The topological polar surface area (TPSA) is 73.6 Å². The van der Waals surface area contributed by atoms with Gasteiger partial charge >= 0.3 is 0 Å². The Hall–Kier alpha value is -2.61. The molecule has 2 N–H and O–H groups in total. The molecule has 0 spiro atoms. The molecule has 0 aliphatic carbocycles. The summed E-state index contributed by atoms with van der Waals surface area (Å²) >= 11 is 0. The highest BCUT2D eigenvalue weighted by Gasteiger charge is 2.02. The van der Waals surface area contributed by atoms with E-state index in [2.05, 4.69) is 33.6 Å². The van der Waals surface area contributed by atoms with Crippen molar-refractivity contribution in [1.82, 2.24) is 9.97 Å². The third kappa shape index (κ3) is 4.46. The van der Waals surface area contributed by atoms with Crippen LogP contribution >= 0.6 is 0 Å². The first kappa shape index (κ1) is 14.8. The molecule has 21 heavy (non-hydrogen) atoms. The molecule has 0 aliphatic heterocycles. The molecule has 1 heterocycles. The van der Waals surface area contributed by atoms with Crippen molar-refractivity contribution in [1.29, 1.82) is 5.26 Å². The van der Waals surface area contributed by atoms with Gasteiger partial charge in [-0.15, -0.1) is 0 Å². The van der Waals surface area contributed by atoms with Gasteiger partial charge in [0.25, 0.3) is 0 Å². The van der Waals surface area contributed by atoms with E-state index in [1.165, 1.54) is 0 Å². The number of anilines is 3. The van der Waals surface area contributed by atoms with Gasteiger partial charge in [-0.05, 0) is 37.6 Å². The minimum atomic E-state index is 0.640. The number of nitrogens with zero attached hydrogens (tertiary/aromatic N) is 3. The van der Waals surface area contributed by atoms with Crippen molar-refractivity contribution in [3.05, 3.63) is 41.7 Å². The zero-order valence-electron chi connectivity index (χ0n) is 12.3. The molecule has 1 aromatic heterocycles. The maximum atomic E-state index is 8.79. The van der Waals surface area contributed by atoms with Crippen molar-refractivity contribution in [2.24, 2.45) is 0 Å². The van der Waals surface area contributed by atoms with Crippen molar-refractivity contribution in [2.75, 3.05) is 17.2 Å². The van der Waals surface area contributed by atoms with Gasteiger partial charge in [-0.2, -0.15) is 5.26 Å². The van der Waals surface area contributed by atoms with Crippen LogP contribution in [0.2, 0.25) is 0 Å². The third-order valence-corrected chi connectivity index (χ3v) is 2.96. The highest BCUT2D eigenvalue weighted by molar-refractivity contribution is 5.60. The standard InChI is InChI=1S/C16H19N5/c1-3-4-9-18-15-10-16(20-12(2)19-15)21-14-7-5-13(11-17)6-8-14/h5-8,10H,3-4,9H2,1-2H3,(H2,18,19,20,21). The predicted octanol–water partition coefficient (Wildman–Crippen LogP) is 3.61. The molecule has 0 unspecified atom stereocenters. The molecular formula is C16H19N5. The van der Waals surface area contributed by atoms with Crippen LogP contribution in [0.5, 0.6) is 0 Å². The molecule has 2 rings (SSSR count). The van der Waals surface area contributed by atoms with E-state index in [4.69, 9.17) is 5.26 Å². The van der Waals surface area contributed by atoms with Gasteiger partial charge in [-0.3, -0.25) is 0 Å². The maximum Gasteiger partial charge on any atom is 0.136 e. The van der Waals surface area contributed by atoms with Crippen molar-refractivity contribution in [3.63, 3.8) is 0 Å². The maximum absolute atomic E-state index is 8.79. The minimum absolute atomic E-state index is 0.640. The van der Waals surface area contributed by atoms with Gasteiger partial charge in [0.05, 0.1) is 11.6 Å². The van der Waals surface area contributed by atoms with Crippen LogP contribution in [0.1, 0.15) is 31.2 Å². The van der Waals surface area contributed by atoms with E-state index >= 15 is 0 Å². The second-order valence-electron chi connectivity index (χ2n) is 4.78. The minimum Gasteiger partial charge on any atom is -0.370 e. The fourth-order valence-corrected chi connectivity index (χ4v) is 1.89. The number of nitriles is 1. The van der Waals surface area contributed by atoms with Gasteiger partial charge in [0, 0.05) is 18.3 Å². The molecule has 0 saturated carbocycles. The first-order valence-corrected chi connectivity index (χ1v) is 7.08. The Morgan fingerprint density at radius 3 is 2.52 bits per heavy atom. The largest absolute Gasteiger partial charge is 0.370 e. The summed E-state index contributed by atoms with van der Waals surface area (Å²) in [5, 5.41) is 15.3. The van der Waals surface area contributed by atoms with E-state index in [1.807, 2.05) is 25.1 Å². The summed E-state index contributed by atoms with van der Waals surface area (Å²) in [6, 6.07) is 11.3. The van der Waals surface area contributed by atoms with Crippen molar-refractivity contribution in [2.45, 2.75) is 26.7 Å². The molecule has 108 valence electrons. The van der Waals surface area contributed by atoms with Crippen LogP contribution in [0.3, 0.4) is 0 Å². The third-order valence-electron chi connectivity index (χ3n) is 2.96. The van der Waals surface area contributed by atoms with Crippen LogP contribution in [0.4, 0.5) is 17.3 Å². The van der Waals surface area contributed by atoms with Crippen molar-refractivity contribution >= 4 is 17.3 Å².